The Labute approximate surface area is 162 Å². The van der Waals surface area contributed by atoms with E-state index < -0.39 is 0 Å². The number of nitrogens with zero attached hydrogens (tertiary/aromatic N) is 4. The van der Waals surface area contributed by atoms with Gasteiger partial charge in [-0.15, -0.1) is 0 Å². The minimum Gasteiger partial charge on any atom is -0.324 e. The summed E-state index contributed by atoms with van der Waals surface area (Å²) >= 11 is 0. The van der Waals surface area contributed by atoms with E-state index >= 15 is 0 Å². The van der Waals surface area contributed by atoms with Crippen molar-refractivity contribution in [2.24, 2.45) is 10.9 Å². The predicted molar refractivity (Wildman–Crippen MR) is 110 cm³/mol. The molecule has 0 aliphatic carbocycles. The van der Waals surface area contributed by atoms with Crippen molar-refractivity contribution in [1.82, 2.24) is 9.97 Å². The fraction of sp³-hybridized carbons (Fsp3) is 0. The van der Waals surface area contributed by atoms with Crippen LogP contribution in [0.25, 0.3) is 10.8 Å². The van der Waals surface area contributed by atoms with Crippen LogP contribution in [0.3, 0.4) is 0 Å². The van der Waals surface area contributed by atoms with Crippen molar-refractivity contribution in [3.05, 3.63) is 95.8 Å². The van der Waals surface area contributed by atoms with Gasteiger partial charge in [-0.25, -0.2) is 9.97 Å². The van der Waals surface area contributed by atoms with Crippen molar-refractivity contribution < 1.29 is 0 Å². The summed E-state index contributed by atoms with van der Waals surface area (Å²) in [6.45, 7) is 0. The van der Waals surface area contributed by atoms with E-state index in [-0.39, 0.29) is 0 Å². The van der Waals surface area contributed by atoms with Gasteiger partial charge in [-0.05, 0) is 47.2 Å². The average molecular weight is 364 g/mol. The molecule has 4 aromatic rings. The number of anilines is 2. The minimum absolute atomic E-state index is 0.421. The van der Waals surface area contributed by atoms with Crippen LogP contribution in [0.1, 0.15) is 16.8 Å². The number of fused-ring (bicyclic) bond motifs is 1. The highest BCUT2D eigenvalue weighted by Crippen LogP contribution is 2.19. The lowest BCUT2D eigenvalue weighted by atomic mass is 10.0. The van der Waals surface area contributed by atoms with Crippen LogP contribution in [0.15, 0.2) is 84.1 Å². The van der Waals surface area contributed by atoms with Crippen LogP contribution in [0.5, 0.6) is 0 Å². The number of nitriles is 1. The number of nitrogens with one attached hydrogen (secondary N) is 1. The Kier molecular flexibility index (Phi) is 4.64. The third-order valence-electron chi connectivity index (χ3n) is 4.32. The molecule has 28 heavy (non-hydrogen) atoms. The number of aromatic nitrogens is 2. The summed E-state index contributed by atoms with van der Waals surface area (Å²) in [7, 11) is 0. The van der Waals surface area contributed by atoms with Crippen LogP contribution in [0.4, 0.5) is 11.6 Å². The first kappa shape index (κ1) is 17.2. The van der Waals surface area contributed by atoms with Gasteiger partial charge in [0.25, 0.3) is 0 Å². The summed E-state index contributed by atoms with van der Waals surface area (Å²) < 4.78 is 0. The minimum atomic E-state index is 0.421. The largest absolute Gasteiger partial charge is 0.324 e. The second kappa shape index (κ2) is 7.56. The maximum Gasteiger partial charge on any atom is 0.227 e. The topological polar surface area (TPSA) is 100.0 Å². The highest BCUT2D eigenvalue weighted by molar-refractivity contribution is 6.13. The zero-order chi connectivity index (χ0) is 19.3. The number of hydrogen-bond donors (Lipinski definition) is 2. The molecule has 0 aliphatic rings. The van der Waals surface area contributed by atoms with Gasteiger partial charge in [0.1, 0.15) is 5.71 Å². The van der Waals surface area contributed by atoms with Crippen LogP contribution < -0.4 is 11.2 Å². The monoisotopic (exact) mass is 364 g/mol. The molecule has 4 rings (SSSR count). The summed E-state index contributed by atoms with van der Waals surface area (Å²) in [5.41, 5.74) is 3.45. The molecule has 0 saturated carbocycles. The number of nitrogens with two attached hydrogens (primary N) is 1. The molecule has 0 radical (unpaired) electrons. The highest BCUT2D eigenvalue weighted by Gasteiger charge is 2.11. The van der Waals surface area contributed by atoms with Gasteiger partial charge in [0, 0.05) is 17.4 Å². The van der Waals surface area contributed by atoms with Gasteiger partial charge < -0.3 is 11.2 Å². The molecule has 0 unspecified atom stereocenters. The lowest BCUT2D eigenvalue weighted by molar-refractivity contribution is 1.14. The molecule has 6 nitrogen and oxygen atoms in total. The standard InChI is InChI=1S/C22H16N6/c23-14-15-5-9-19(10-6-15)26-22-25-12-11-20(27-22)21(28-24)18-8-7-16-3-1-2-4-17(16)13-18/h1-13H,24H2,(H,25,26,27)/b28-21-. The van der Waals surface area contributed by atoms with Crippen LogP contribution in [0.2, 0.25) is 0 Å². The third-order valence-corrected chi connectivity index (χ3v) is 4.32. The Hall–Kier alpha value is -4.24. The van der Waals surface area contributed by atoms with Crippen LogP contribution >= 0.6 is 0 Å². The van der Waals surface area contributed by atoms with E-state index in [1.54, 1.807) is 36.5 Å². The van der Waals surface area contributed by atoms with Crippen molar-refractivity contribution in [1.29, 1.82) is 5.26 Å². The Morgan fingerprint density at radius 2 is 1.75 bits per heavy atom. The van der Waals surface area contributed by atoms with E-state index in [0.29, 0.717) is 22.9 Å². The smallest absolute Gasteiger partial charge is 0.227 e. The summed E-state index contributed by atoms with van der Waals surface area (Å²) in [6.07, 6.45) is 1.65. The maximum atomic E-state index is 8.90. The van der Waals surface area contributed by atoms with Crippen molar-refractivity contribution >= 4 is 28.1 Å². The van der Waals surface area contributed by atoms with E-state index in [4.69, 9.17) is 11.1 Å². The zero-order valence-electron chi connectivity index (χ0n) is 14.9. The zero-order valence-corrected chi connectivity index (χ0v) is 14.9. The second-order valence-electron chi connectivity index (χ2n) is 6.12. The molecule has 3 N–H and O–H groups in total. The first-order valence-electron chi connectivity index (χ1n) is 8.64. The van der Waals surface area contributed by atoms with Gasteiger partial charge in [-0.1, -0.05) is 36.4 Å². The molecule has 1 heterocycles. The Balaban J connectivity index is 1.65. The molecule has 134 valence electrons. The van der Waals surface area contributed by atoms with E-state index in [1.165, 1.54) is 0 Å². The molecule has 0 saturated heterocycles. The van der Waals surface area contributed by atoms with Gasteiger partial charge >= 0.3 is 0 Å². The van der Waals surface area contributed by atoms with E-state index in [1.807, 2.05) is 36.4 Å². The van der Waals surface area contributed by atoms with Crippen LogP contribution in [-0.4, -0.2) is 15.7 Å². The highest BCUT2D eigenvalue weighted by atomic mass is 15.1. The molecule has 6 heteroatoms. The molecular weight excluding hydrogens is 348 g/mol. The molecule has 0 atom stereocenters. The number of rotatable bonds is 4. The lowest BCUT2D eigenvalue weighted by Crippen LogP contribution is -2.10. The molecule has 0 fully saturated rings. The Morgan fingerprint density at radius 3 is 2.50 bits per heavy atom. The van der Waals surface area contributed by atoms with Gasteiger partial charge in [0.2, 0.25) is 5.95 Å². The van der Waals surface area contributed by atoms with Crippen molar-refractivity contribution in [3.8, 4) is 6.07 Å². The van der Waals surface area contributed by atoms with Gasteiger partial charge in [0.15, 0.2) is 0 Å². The fourth-order valence-electron chi connectivity index (χ4n) is 2.93. The molecule has 0 bridgehead atoms. The molecule has 3 aromatic carbocycles. The number of hydrogen-bond acceptors (Lipinski definition) is 6. The van der Waals surface area contributed by atoms with Crippen LogP contribution in [0, 0.1) is 11.3 Å². The molecule has 1 aromatic heterocycles. The number of hydrazone groups is 1. The fourth-order valence-corrected chi connectivity index (χ4v) is 2.93. The Bertz CT molecular complexity index is 1210. The third kappa shape index (κ3) is 3.50. The van der Waals surface area contributed by atoms with E-state index in [2.05, 4.69) is 32.5 Å². The summed E-state index contributed by atoms with van der Waals surface area (Å²) in [5.74, 6) is 6.11. The van der Waals surface area contributed by atoms with E-state index in [9.17, 15) is 0 Å². The maximum absolute atomic E-state index is 8.90. The van der Waals surface area contributed by atoms with E-state index in [0.717, 1.165) is 22.0 Å². The van der Waals surface area contributed by atoms with Gasteiger partial charge in [-0.2, -0.15) is 10.4 Å². The summed E-state index contributed by atoms with van der Waals surface area (Å²) in [4.78, 5) is 8.79. The lowest BCUT2D eigenvalue weighted by Gasteiger charge is -2.09. The average Bonchev–Trinajstić information content (AvgIpc) is 2.75. The molecular formula is C22H16N6. The van der Waals surface area contributed by atoms with Crippen molar-refractivity contribution in [3.63, 3.8) is 0 Å². The number of benzene rings is 3. The van der Waals surface area contributed by atoms with Crippen LogP contribution in [-0.2, 0) is 0 Å². The van der Waals surface area contributed by atoms with Gasteiger partial charge in [0.05, 0.1) is 17.3 Å². The molecule has 0 aliphatic heterocycles. The first-order chi connectivity index (χ1) is 13.8. The first-order valence-corrected chi connectivity index (χ1v) is 8.64. The van der Waals surface area contributed by atoms with Crippen molar-refractivity contribution in [2.45, 2.75) is 0 Å². The van der Waals surface area contributed by atoms with Gasteiger partial charge in [-0.3, -0.25) is 0 Å². The SMILES string of the molecule is N#Cc1ccc(Nc2nccc(/C(=N\N)c3ccc4ccccc4c3)n2)cc1. The quantitative estimate of drug-likeness (QED) is 0.324. The second-order valence-corrected chi connectivity index (χ2v) is 6.12. The predicted octanol–water partition coefficient (Wildman–Crippen LogP) is 3.96. The molecule has 0 amide bonds. The molecule has 0 spiro atoms. The summed E-state index contributed by atoms with van der Waals surface area (Å²) in [5, 5.41) is 18.2. The summed E-state index contributed by atoms with van der Waals surface area (Å²) in [6, 6.07) is 25.1. The van der Waals surface area contributed by atoms with Crippen molar-refractivity contribution in [2.75, 3.05) is 5.32 Å². The Morgan fingerprint density at radius 1 is 0.964 bits per heavy atom. The normalized spacial score (nSPS) is 11.2.